The van der Waals surface area contributed by atoms with Crippen molar-refractivity contribution >= 4 is 34.6 Å². The SMILES string of the molecule is O=C(Nc1ccccc1Cl)c1nc(C(=O)N2CCOCC2)c2ccccn12. The Morgan fingerprint density at radius 3 is 2.59 bits per heavy atom. The number of rotatable bonds is 3. The number of carbonyl (C=O) groups is 2. The van der Waals surface area contributed by atoms with Crippen molar-refractivity contribution < 1.29 is 14.3 Å². The van der Waals surface area contributed by atoms with Crippen LogP contribution in [0.1, 0.15) is 21.1 Å². The molecule has 1 aliphatic rings. The monoisotopic (exact) mass is 384 g/mol. The van der Waals surface area contributed by atoms with E-state index in [4.69, 9.17) is 16.3 Å². The van der Waals surface area contributed by atoms with Crippen LogP contribution in [-0.4, -0.2) is 52.4 Å². The first-order valence-corrected chi connectivity index (χ1v) is 8.93. The molecule has 27 heavy (non-hydrogen) atoms. The molecule has 8 heteroatoms. The highest BCUT2D eigenvalue weighted by molar-refractivity contribution is 6.33. The Balaban J connectivity index is 1.70. The molecule has 0 atom stereocenters. The summed E-state index contributed by atoms with van der Waals surface area (Å²) >= 11 is 6.12. The van der Waals surface area contributed by atoms with Gasteiger partial charge in [0.25, 0.3) is 11.8 Å². The Morgan fingerprint density at radius 1 is 1.07 bits per heavy atom. The molecule has 1 aliphatic heterocycles. The number of aromatic nitrogens is 2. The first-order valence-electron chi connectivity index (χ1n) is 8.55. The molecule has 0 spiro atoms. The lowest BCUT2D eigenvalue weighted by molar-refractivity contribution is 0.0300. The predicted molar refractivity (Wildman–Crippen MR) is 101 cm³/mol. The second-order valence-corrected chi connectivity index (χ2v) is 6.49. The van der Waals surface area contributed by atoms with E-state index in [1.54, 1.807) is 51.9 Å². The van der Waals surface area contributed by atoms with Crippen molar-refractivity contribution in [3.8, 4) is 0 Å². The molecule has 7 nitrogen and oxygen atoms in total. The van der Waals surface area contributed by atoms with Gasteiger partial charge in [-0.25, -0.2) is 4.98 Å². The molecule has 0 aliphatic carbocycles. The van der Waals surface area contributed by atoms with Crippen LogP contribution in [0.5, 0.6) is 0 Å². The second-order valence-electron chi connectivity index (χ2n) is 6.08. The molecule has 2 amide bonds. The smallest absolute Gasteiger partial charge is 0.292 e. The van der Waals surface area contributed by atoms with Gasteiger partial charge in [0.05, 0.1) is 29.4 Å². The number of ether oxygens (including phenoxy) is 1. The minimum absolute atomic E-state index is 0.127. The molecule has 1 N–H and O–H groups in total. The van der Waals surface area contributed by atoms with Gasteiger partial charge in [-0.2, -0.15) is 0 Å². The van der Waals surface area contributed by atoms with Crippen LogP contribution in [0.4, 0.5) is 5.69 Å². The van der Waals surface area contributed by atoms with E-state index in [1.165, 1.54) is 0 Å². The summed E-state index contributed by atoms with van der Waals surface area (Å²) in [6.45, 7) is 2.01. The summed E-state index contributed by atoms with van der Waals surface area (Å²) in [7, 11) is 0. The van der Waals surface area contributed by atoms with E-state index in [9.17, 15) is 9.59 Å². The summed E-state index contributed by atoms with van der Waals surface area (Å²) in [5.74, 6) is -0.522. The lowest BCUT2D eigenvalue weighted by Gasteiger charge is -2.26. The number of morpholine rings is 1. The average Bonchev–Trinajstić information content (AvgIpc) is 3.10. The molecule has 4 rings (SSSR count). The highest BCUT2D eigenvalue weighted by atomic mass is 35.5. The Hall–Kier alpha value is -2.90. The molecular formula is C19H17ClN4O3. The number of anilines is 1. The lowest BCUT2D eigenvalue weighted by Crippen LogP contribution is -2.40. The Labute approximate surface area is 160 Å². The summed E-state index contributed by atoms with van der Waals surface area (Å²) in [6, 6.07) is 12.3. The Morgan fingerprint density at radius 2 is 1.81 bits per heavy atom. The number of halogens is 1. The zero-order valence-corrected chi connectivity index (χ0v) is 15.1. The van der Waals surface area contributed by atoms with Gasteiger partial charge in [0.15, 0.2) is 5.69 Å². The minimum atomic E-state index is -0.440. The van der Waals surface area contributed by atoms with Gasteiger partial charge in [0, 0.05) is 19.3 Å². The molecule has 1 aromatic carbocycles. The van der Waals surface area contributed by atoms with E-state index in [1.807, 2.05) is 6.07 Å². The largest absolute Gasteiger partial charge is 0.378 e. The maximum atomic E-state index is 12.9. The van der Waals surface area contributed by atoms with E-state index in [2.05, 4.69) is 10.3 Å². The number of fused-ring (bicyclic) bond motifs is 1. The summed E-state index contributed by atoms with van der Waals surface area (Å²) in [4.78, 5) is 31.8. The zero-order chi connectivity index (χ0) is 18.8. The van der Waals surface area contributed by atoms with Gasteiger partial charge in [-0.3, -0.25) is 14.0 Å². The van der Waals surface area contributed by atoms with Gasteiger partial charge in [-0.1, -0.05) is 29.8 Å². The van der Waals surface area contributed by atoms with Crippen LogP contribution in [0.2, 0.25) is 5.02 Å². The molecule has 0 unspecified atom stereocenters. The quantitative estimate of drug-likeness (QED) is 0.753. The highest BCUT2D eigenvalue weighted by Crippen LogP contribution is 2.22. The van der Waals surface area contributed by atoms with Crippen molar-refractivity contribution in [3.05, 3.63) is 65.2 Å². The predicted octanol–water partition coefficient (Wildman–Crippen LogP) is 2.71. The van der Waals surface area contributed by atoms with Crippen LogP contribution in [0.15, 0.2) is 48.7 Å². The number of para-hydroxylation sites is 1. The Bertz CT molecular complexity index is 1010. The molecule has 1 fully saturated rings. The topological polar surface area (TPSA) is 75.9 Å². The molecule has 1 saturated heterocycles. The fourth-order valence-electron chi connectivity index (χ4n) is 3.01. The molecule has 2 aromatic heterocycles. The van der Waals surface area contributed by atoms with E-state index in [0.29, 0.717) is 42.5 Å². The number of nitrogens with one attached hydrogen (secondary N) is 1. The van der Waals surface area contributed by atoms with Crippen molar-refractivity contribution in [1.29, 1.82) is 0 Å². The molecule has 0 radical (unpaired) electrons. The highest BCUT2D eigenvalue weighted by Gasteiger charge is 2.26. The van der Waals surface area contributed by atoms with Gasteiger partial charge in [0.2, 0.25) is 5.82 Å². The molecular weight excluding hydrogens is 368 g/mol. The van der Waals surface area contributed by atoms with Crippen LogP contribution < -0.4 is 5.32 Å². The number of benzene rings is 1. The van der Waals surface area contributed by atoms with Crippen LogP contribution in [0.3, 0.4) is 0 Å². The normalized spacial score (nSPS) is 14.3. The first-order chi connectivity index (χ1) is 13.1. The summed E-state index contributed by atoms with van der Waals surface area (Å²) in [5, 5.41) is 3.18. The van der Waals surface area contributed by atoms with Crippen LogP contribution in [0.25, 0.3) is 5.52 Å². The first kappa shape index (κ1) is 17.5. The lowest BCUT2D eigenvalue weighted by atomic mass is 10.3. The van der Waals surface area contributed by atoms with E-state index in [-0.39, 0.29) is 17.4 Å². The fraction of sp³-hybridized carbons (Fsp3) is 0.211. The molecule has 0 bridgehead atoms. The van der Waals surface area contributed by atoms with Crippen LogP contribution in [0, 0.1) is 0 Å². The third-order valence-corrected chi connectivity index (χ3v) is 4.70. The minimum Gasteiger partial charge on any atom is -0.378 e. The number of amides is 2. The van der Waals surface area contributed by atoms with Crippen molar-refractivity contribution in [2.75, 3.05) is 31.6 Å². The molecule has 3 aromatic rings. The van der Waals surface area contributed by atoms with Crippen LogP contribution in [-0.2, 0) is 4.74 Å². The second kappa shape index (κ2) is 7.38. The molecule has 0 saturated carbocycles. The van der Waals surface area contributed by atoms with Crippen molar-refractivity contribution in [2.24, 2.45) is 0 Å². The third-order valence-electron chi connectivity index (χ3n) is 4.37. The van der Waals surface area contributed by atoms with Crippen molar-refractivity contribution in [2.45, 2.75) is 0 Å². The fourth-order valence-corrected chi connectivity index (χ4v) is 3.20. The van der Waals surface area contributed by atoms with Crippen LogP contribution >= 0.6 is 11.6 Å². The summed E-state index contributed by atoms with van der Waals surface area (Å²) in [5.41, 5.74) is 1.32. The van der Waals surface area contributed by atoms with Gasteiger partial charge in [-0.05, 0) is 24.3 Å². The Kier molecular flexibility index (Phi) is 4.79. The number of imidazole rings is 1. The zero-order valence-electron chi connectivity index (χ0n) is 14.4. The molecule has 3 heterocycles. The van der Waals surface area contributed by atoms with Gasteiger partial charge >= 0.3 is 0 Å². The number of pyridine rings is 1. The van der Waals surface area contributed by atoms with Gasteiger partial charge in [0.1, 0.15) is 0 Å². The van der Waals surface area contributed by atoms with E-state index >= 15 is 0 Å². The standard InChI is InChI=1S/C19H17ClN4O3/c20-13-5-1-2-6-14(13)21-18(25)17-22-16(15-7-3-4-8-24(15)17)19(26)23-9-11-27-12-10-23/h1-8H,9-12H2,(H,21,25). The van der Waals surface area contributed by atoms with Crippen molar-refractivity contribution in [1.82, 2.24) is 14.3 Å². The maximum absolute atomic E-state index is 12.9. The third kappa shape index (κ3) is 3.39. The number of carbonyl (C=O) groups excluding carboxylic acids is 2. The van der Waals surface area contributed by atoms with Gasteiger partial charge < -0.3 is 15.0 Å². The van der Waals surface area contributed by atoms with E-state index in [0.717, 1.165) is 0 Å². The average molecular weight is 385 g/mol. The summed E-state index contributed by atoms with van der Waals surface area (Å²) < 4.78 is 6.91. The van der Waals surface area contributed by atoms with Gasteiger partial charge in [-0.15, -0.1) is 0 Å². The molecule has 138 valence electrons. The number of nitrogens with zero attached hydrogens (tertiary/aromatic N) is 3. The van der Waals surface area contributed by atoms with E-state index < -0.39 is 5.91 Å². The number of hydrogen-bond donors (Lipinski definition) is 1. The summed E-state index contributed by atoms with van der Waals surface area (Å²) in [6.07, 6.45) is 1.71. The maximum Gasteiger partial charge on any atom is 0.292 e. The van der Waals surface area contributed by atoms with Crippen molar-refractivity contribution in [3.63, 3.8) is 0 Å². The number of hydrogen-bond acceptors (Lipinski definition) is 4.